The molecule has 0 aliphatic carbocycles. The van der Waals surface area contributed by atoms with Crippen molar-refractivity contribution in [2.24, 2.45) is 0 Å². The first kappa shape index (κ1) is 16.6. The third-order valence-corrected chi connectivity index (χ3v) is 3.31. The van der Waals surface area contributed by atoms with Gasteiger partial charge in [0.15, 0.2) is 0 Å². The average molecular weight is 307 g/mol. The van der Waals surface area contributed by atoms with E-state index in [1.807, 2.05) is 81.4 Å². The summed E-state index contributed by atoms with van der Waals surface area (Å²) in [5, 5.41) is 20.0. The first-order valence-corrected chi connectivity index (χ1v) is 7.54. The molecule has 0 bridgehead atoms. The fraction of sp³-hybridized carbons (Fsp3) is 0.250. The lowest BCUT2D eigenvalue weighted by Crippen LogP contribution is -2.20. The van der Waals surface area contributed by atoms with Gasteiger partial charge in [0.05, 0.1) is 5.92 Å². The van der Waals surface area contributed by atoms with Crippen molar-refractivity contribution in [3.05, 3.63) is 83.3 Å². The van der Waals surface area contributed by atoms with Gasteiger partial charge in [-0.25, -0.2) is 0 Å². The number of allylic oxidation sites excluding steroid dienone is 1. The lowest BCUT2D eigenvalue weighted by molar-refractivity contribution is -0.0170. The molecule has 0 spiro atoms. The maximum atomic E-state index is 10.4. The molecule has 0 heterocycles. The zero-order valence-corrected chi connectivity index (χ0v) is 13.7. The van der Waals surface area contributed by atoms with Crippen molar-refractivity contribution in [3.8, 4) is 6.07 Å². The van der Waals surface area contributed by atoms with Crippen molar-refractivity contribution in [1.82, 2.24) is 0 Å². The van der Waals surface area contributed by atoms with Gasteiger partial charge >= 0.3 is 0 Å². The summed E-state index contributed by atoms with van der Waals surface area (Å²) in [7, 11) is 0. The van der Waals surface area contributed by atoms with Crippen LogP contribution < -0.4 is 0 Å². The molecule has 0 saturated carbocycles. The fourth-order valence-corrected chi connectivity index (χ4v) is 2.40. The van der Waals surface area contributed by atoms with Gasteiger partial charge in [-0.1, -0.05) is 60.7 Å². The Labute approximate surface area is 137 Å². The molecule has 0 aliphatic rings. The van der Waals surface area contributed by atoms with Gasteiger partial charge in [0.2, 0.25) is 0 Å². The third kappa shape index (κ3) is 4.37. The lowest BCUT2D eigenvalue weighted by Gasteiger charge is -2.23. The van der Waals surface area contributed by atoms with Gasteiger partial charge < -0.3 is 9.84 Å². The summed E-state index contributed by atoms with van der Waals surface area (Å²) in [5.41, 5.74) is 1.49. The van der Waals surface area contributed by atoms with Gasteiger partial charge in [-0.05, 0) is 31.9 Å². The lowest BCUT2D eigenvalue weighted by atomic mass is 9.85. The van der Waals surface area contributed by atoms with Gasteiger partial charge in [-0.15, -0.1) is 0 Å². The summed E-state index contributed by atoms with van der Waals surface area (Å²) in [6, 6.07) is 21.4. The van der Waals surface area contributed by atoms with Gasteiger partial charge in [-0.3, -0.25) is 0 Å². The molecule has 3 nitrogen and oxygen atoms in total. The Morgan fingerprint density at radius 1 is 0.957 bits per heavy atom. The van der Waals surface area contributed by atoms with E-state index in [0.717, 1.165) is 11.1 Å². The molecule has 0 unspecified atom stereocenters. The van der Waals surface area contributed by atoms with E-state index in [-0.39, 0.29) is 17.4 Å². The number of hydrogen-bond acceptors (Lipinski definition) is 3. The van der Waals surface area contributed by atoms with Crippen LogP contribution in [0.15, 0.2) is 72.2 Å². The Morgan fingerprint density at radius 2 is 1.39 bits per heavy atom. The second kappa shape index (κ2) is 7.02. The van der Waals surface area contributed by atoms with E-state index in [2.05, 4.69) is 6.07 Å². The molecule has 3 heteroatoms. The largest absolute Gasteiger partial charge is 0.480 e. The normalized spacial score (nSPS) is 12.5. The molecule has 0 radical (unpaired) electrons. The number of aliphatic hydroxyl groups is 1. The van der Waals surface area contributed by atoms with Crippen molar-refractivity contribution in [1.29, 1.82) is 5.26 Å². The second-order valence-electron chi connectivity index (χ2n) is 6.30. The van der Waals surface area contributed by atoms with E-state index in [1.54, 1.807) is 0 Å². The number of ether oxygens (including phenoxy) is 1. The smallest absolute Gasteiger partial charge is 0.292 e. The minimum atomic E-state index is -0.579. The quantitative estimate of drug-likeness (QED) is 0.644. The first-order valence-electron chi connectivity index (χ1n) is 7.54. The van der Waals surface area contributed by atoms with Crippen LogP contribution in [0, 0.1) is 11.3 Å². The zero-order chi connectivity index (χ0) is 16.9. The molecule has 0 fully saturated rings. The van der Waals surface area contributed by atoms with Crippen molar-refractivity contribution in [2.75, 3.05) is 0 Å². The highest BCUT2D eigenvalue weighted by Crippen LogP contribution is 2.33. The maximum absolute atomic E-state index is 10.4. The monoisotopic (exact) mass is 307 g/mol. The average Bonchev–Trinajstić information content (AvgIpc) is 2.52. The molecule has 0 saturated heterocycles. The molecule has 0 aliphatic heterocycles. The Balaban J connectivity index is 2.57. The highest BCUT2D eigenvalue weighted by Gasteiger charge is 2.26. The van der Waals surface area contributed by atoms with Crippen LogP contribution in [0.3, 0.4) is 0 Å². The molecule has 2 aromatic rings. The highest BCUT2D eigenvalue weighted by molar-refractivity contribution is 5.46. The first-order chi connectivity index (χ1) is 10.9. The molecule has 23 heavy (non-hydrogen) atoms. The summed E-state index contributed by atoms with van der Waals surface area (Å²) < 4.78 is 5.53. The van der Waals surface area contributed by atoms with Crippen LogP contribution in [0.4, 0.5) is 0 Å². The Kier molecular flexibility index (Phi) is 5.08. The molecule has 0 aromatic heterocycles. The number of nitriles is 1. The van der Waals surface area contributed by atoms with Crippen molar-refractivity contribution < 1.29 is 9.84 Å². The standard InChI is InChI=1S/C20H21NO2/c1-20(2,3)23-19(22)17(14-21)18(15-10-6-4-7-11-15)16-12-8-5-9-13-16/h4-13,18,22H,1-3H3/b19-17+. The molecule has 1 N–H and O–H groups in total. The number of rotatable bonds is 4. The minimum Gasteiger partial charge on any atom is -0.480 e. The molecule has 0 atom stereocenters. The van der Waals surface area contributed by atoms with E-state index in [4.69, 9.17) is 4.74 Å². The number of aliphatic hydroxyl groups excluding tert-OH is 1. The maximum Gasteiger partial charge on any atom is 0.292 e. The van der Waals surface area contributed by atoms with Gasteiger partial charge in [-0.2, -0.15) is 5.26 Å². The van der Waals surface area contributed by atoms with Gasteiger partial charge in [0.1, 0.15) is 17.2 Å². The molecule has 2 rings (SSSR count). The number of benzene rings is 2. The summed E-state index contributed by atoms with van der Waals surface area (Å²) in [6.07, 6.45) is 0. The van der Waals surface area contributed by atoms with Crippen LogP contribution in [0.2, 0.25) is 0 Å². The van der Waals surface area contributed by atoms with Crippen molar-refractivity contribution >= 4 is 0 Å². The van der Waals surface area contributed by atoms with Crippen LogP contribution >= 0.6 is 0 Å². The Hall–Kier alpha value is -2.73. The van der Waals surface area contributed by atoms with E-state index >= 15 is 0 Å². The molecule has 118 valence electrons. The summed E-state index contributed by atoms with van der Waals surface area (Å²) in [5.74, 6) is -0.692. The molecule has 2 aromatic carbocycles. The van der Waals surface area contributed by atoms with E-state index in [9.17, 15) is 10.4 Å². The predicted molar refractivity (Wildman–Crippen MR) is 90.8 cm³/mol. The SMILES string of the molecule is CC(C)(C)O/C(O)=C(\C#N)C(c1ccccc1)c1ccccc1. The van der Waals surface area contributed by atoms with Gasteiger partial charge in [0.25, 0.3) is 5.95 Å². The topological polar surface area (TPSA) is 53.2 Å². The van der Waals surface area contributed by atoms with Crippen LogP contribution in [0.5, 0.6) is 0 Å². The third-order valence-electron chi connectivity index (χ3n) is 3.31. The van der Waals surface area contributed by atoms with E-state index in [0.29, 0.717) is 0 Å². The van der Waals surface area contributed by atoms with Gasteiger partial charge in [0, 0.05) is 0 Å². The molecular weight excluding hydrogens is 286 g/mol. The summed E-state index contributed by atoms with van der Waals surface area (Å²) in [6.45, 7) is 5.49. The summed E-state index contributed by atoms with van der Waals surface area (Å²) >= 11 is 0. The summed E-state index contributed by atoms with van der Waals surface area (Å²) in [4.78, 5) is 0. The minimum absolute atomic E-state index is 0.206. The highest BCUT2D eigenvalue weighted by atomic mass is 16.6. The van der Waals surface area contributed by atoms with Crippen LogP contribution in [0.1, 0.15) is 37.8 Å². The number of hydrogen-bond donors (Lipinski definition) is 1. The zero-order valence-electron chi connectivity index (χ0n) is 13.7. The van der Waals surface area contributed by atoms with Crippen LogP contribution in [0.25, 0.3) is 0 Å². The van der Waals surface area contributed by atoms with Crippen molar-refractivity contribution in [2.45, 2.75) is 32.3 Å². The van der Waals surface area contributed by atoms with E-state index in [1.165, 1.54) is 0 Å². The Bertz CT molecular complexity index is 667. The molecular formula is C20H21NO2. The Morgan fingerprint density at radius 3 is 1.74 bits per heavy atom. The predicted octanol–water partition coefficient (Wildman–Crippen LogP) is 4.93. The number of nitrogens with zero attached hydrogens (tertiary/aromatic N) is 1. The van der Waals surface area contributed by atoms with Crippen LogP contribution in [-0.2, 0) is 4.74 Å². The fourth-order valence-electron chi connectivity index (χ4n) is 2.40. The second-order valence-corrected chi connectivity index (χ2v) is 6.30. The molecule has 0 amide bonds. The van der Waals surface area contributed by atoms with Crippen molar-refractivity contribution in [3.63, 3.8) is 0 Å². The van der Waals surface area contributed by atoms with Crippen LogP contribution in [-0.4, -0.2) is 10.7 Å². The van der Waals surface area contributed by atoms with E-state index < -0.39 is 5.60 Å².